The first-order chi connectivity index (χ1) is 10.5. The average Bonchev–Trinajstić information content (AvgIpc) is 2.86. The molecule has 0 saturated carbocycles. The molecule has 6 heteroatoms. The Kier molecular flexibility index (Phi) is 5.27. The maximum Gasteiger partial charge on any atom is 0.254 e. The minimum atomic E-state index is -0.953. The number of hydrogen-bond acceptors (Lipinski definition) is 3. The molecule has 2 rings (SSSR count). The van der Waals surface area contributed by atoms with Gasteiger partial charge in [0.2, 0.25) is 0 Å². The van der Waals surface area contributed by atoms with Gasteiger partial charge >= 0.3 is 0 Å². The molecule has 0 aliphatic heterocycles. The zero-order valence-electron chi connectivity index (χ0n) is 12.7. The van der Waals surface area contributed by atoms with E-state index in [0.717, 1.165) is 18.7 Å². The molecule has 0 fully saturated rings. The topological polar surface area (TPSA) is 67.2 Å². The Morgan fingerprint density at radius 3 is 2.95 bits per heavy atom. The van der Waals surface area contributed by atoms with Crippen molar-refractivity contribution < 1.29 is 14.3 Å². The number of carbonyl (C=O) groups excluding carboxylic acids is 1. The van der Waals surface area contributed by atoms with E-state index in [1.807, 2.05) is 13.8 Å². The van der Waals surface area contributed by atoms with Gasteiger partial charge < -0.3 is 10.4 Å². The summed E-state index contributed by atoms with van der Waals surface area (Å²) in [5, 5.41) is 16.8. The van der Waals surface area contributed by atoms with Gasteiger partial charge in [0.05, 0.1) is 17.9 Å². The van der Waals surface area contributed by atoms with Gasteiger partial charge in [0.25, 0.3) is 5.91 Å². The molecule has 0 radical (unpaired) electrons. The minimum absolute atomic E-state index is 0.0146. The number of aromatic nitrogens is 2. The van der Waals surface area contributed by atoms with Crippen LogP contribution in [-0.4, -0.2) is 27.3 Å². The second-order valence-electron chi connectivity index (χ2n) is 5.15. The van der Waals surface area contributed by atoms with Crippen LogP contribution in [0.5, 0.6) is 0 Å². The number of aryl methyl sites for hydroxylation is 1. The molecule has 0 unspecified atom stereocenters. The first-order valence-corrected chi connectivity index (χ1v) is 7.27. The van der Waals surface area contributed by atoms with E-state index >= 15 is 0 Å². The van der Waals surface area contributed by atoms with Gasteiger partial charge in [0.1, 0.15) is 5.82 Å². The van der Waals surface area contributed by atoms with E-state index in [-0.39, 0.29) is 12.5 Å². The smallest absolute Gasteiger partial charge is 0.254 e. The molecule has 5 nitrogen and oxygen atoms in total. The standard InChI is InChI=1S/C16H20FN3O2/c1-3-7-20-11(2)14(9-19-20)16(22)18-10-15(21)12-5-4-6-13(17)8-12/h4-6,8-9,15,21H,3,7,10H2,1-2H3,(H,18,22)/t15-/m1/s1. The monoisotopic (exact) mass is 305 g/mol. The van der Waals surface area contributed by atoms with Gasteiger partial charge in [-0.1, -0.05) is 19.1 Å². The molecule has 22 heavy (non-hydrogen) atoms. The summed E-state index contributed by atoms with van der Waals surface area (Å²) in [7, 11) is 0. The number of hydrogen-bond donors (Lipinski definition) is 2. The van der Waals surface area contributed by atoms with Crippen LogP contribution in [0.4, 0.5) is 4.39 Å². The highest BCUT2D eigenvalue weighted by Crippen LogP contribution is 2.14. The van der Waals surface area contributed by atoms with Gasteiger partial charge in [-0.05, 0) is 31.0 Å². The van der Waals surface area contributed by atoms with Crippen LogP contribution < -0.4 is 5.32 Å². The minimum Gasteiger partial charge on any atom is -0.387 e. The second-order valence-corrected chi connectivity index (χ2v) is 5.15. The number of amides is 1. The van der Waals surface area contributed by atoms with Gasteiger partial charge in [0, 0.05) is 18.8 Å². The Hall–Kier alpha value is -2.21. The summed E-state index contributed by atoms with van der Waals surface area (Å²) in [5.41, 5.74) is 1.71. The molecule has 118 valence electrons. The number of nitrogens with zero attached hydrogens (tertiary/aromatic N) is 2. The number of nitrogens with one attached hydrogen (secondary N) is 1. The van der Waals surface area contributed by atoms with Crippen molar-refractivity contribution in [3.8, 4) is 0 Å². The lowest BCUT2D eigenvalue weighted by molar-refractivity contribution is 0.0915. The largest absolute Gasteiger partial charge is 0.387 e. The summed E-state index contributed by atoms with van der Waals surface area (Å²) >= 11 is 0. The summed E-state index contributed by atoms with van der Waals surface area (Å²) in [6, 6.07) is 5.70. The molecule has 1 amide bonds. The number of rotatable bonds is 6. The van der Waals surface area contributed by atoms with E-state index in [1.54, 1.807) is 10.7 Å². The predicted octanol–water partition coefficient (Wildman–Crippen LogP) is 2.20. The van der Waals surface area contributed by atoms with E-state index in [4.69, 9.17) is 0 Å². The third-order valence-corrected chi connectivity index (χ3v) is 3.47. The number of halogens is 1. The van der Waals surface area contributed by atoms with Gasteiger partial charge in [-0.15, -0.1) is 0 Å². The van der Waals surface area contributed by atoms with Crippen LogP contribution in [0.2, 0.25) is 0 Å². The van der Waals surface area contributed by atoms with Crippen molar-refractivity contribution in [1.82, 2.24) is 15.1 Å². The third kappa shape index (κ3) is 3.71. The fourth-order valence-electron chi connectivity index (χ4n) is 2.22. The van der Waals surface area contributed by atoms with Crippen molar-refractivity contribution in [2.75, 3.05) is 6.54 Å². The first-order valence-electron chi connectivity index (χ1n) is 7.27. The molecule has 1 atom stereocenters. The molecule has 0 spiro atoms. The van der Waals surface area contributed by atoms with Crippen molar-refractivity contribution in [2.45, 2.75) is 32.9 Å². The SMILES string of the molecule is CCCn1ncc(C(=O)NC[C@@H](O)c2cccc(F)c2)c1C. The molecule has 0 saturated heterocycles. The Morgan fingerprint density at radius 2 is 2.27 bits per heavy atom. The van der Waals surface area contributed by atoms with Gasteiger partial charge in [0.15, 0.2) is 0 Å². The maximum absolute atomic E-state index is 13.1. The van der Waals surface area contributed by atoms with E-state index in [0.29, 0.717) is 11.1 Å². The fourth-order valence-corrected chi connectivity index (χ4v) is 2.22. The van der Waals surface area contributed by atoms with Crippen LogP contribution in [-0.2, 0) is 6.54 Å². The van der Waals surface area contributed by atoms with Crippen LogP contribution in [0.1, 0.15) is 41.1 Å². The van der Waals surface area contributed by atoms with E-state index in [9.17, 15) is 14.3 Å². The van der Waals surface area contributed by atoms with Crippen molar-refractivity contribution in [3.05, 3.63) is 53.1 Å². The molecule has 1 aromatic carbocycles. The molecule has 0 aliphatic rings. The number of carbonyl (C=O) groups is 1. The molecule has 1 aromatic heterocycles. The number of benzene rings is 1. The summed E-state index contributed by atoms with van der Waals surface area (Å²) < 4.78 is 14.9. The van der Waals surface area contributed by atoms with Crippen LogP contribution in [0, 0.1) is 12.7 Å². The Bertz CT molecular complexity index is 655. The molecular weight excluding hydrogens is 285 g/mol. The number of aliphatic hydroxyl groups excluding tert-OH is 1. The van der Waals surface area contributed by atoms with Crippen LogP contribution in [0.25, 0.3) is 0 Å². The first kappa shape index (κ1) is 16.2. The Balaban J connectivity index is 1.98. The summed E-state index contributed by atoms with van der Waals surface area (Å²) in [6.45, 7) is 4.64. The van der Waals surface area contributed by atoms with Crippen molar-refractivity contribution in [2.24, 2.45) is 0 Å². The maximum atomic E-state index is 13.1. The van der Waals surface area contributed by atoms with Crippen LogP contribution >= 0.6 is 0 Å². The molecule has 0 aliphatic carbocycles. The van der Waals surface area contributed by atoms with Crippen LogP contribution in [0.3, 0.4) is 0 Å². The average molecular weight is 305 g/mol. The Labute approximate surface area is 128 Å². The van der Waals surface area contributed by atoms with Gasteiger partial charge in [-0.2, -0.15) is 5.10 Å². The summed E-state index contributed by atoms with van der Waals surface area (Å²) in [4.78, 5) is 12.1. The zero-order valence-corrected chi connectivity index (χ0v) is 12.7. The summed E-state index contributed by atoms with van der Waals surface area (Å²) in [5.74, 6) is -0.713. The number of aliphatic hydroxyl groups is 1. The van der Waals surface area contributed by atoms with Crippen LogP contribution in [0.15, 0.2) is 30.5 Å². The molecule has 0 bridgehead atoms. The highest BCUT2D eigenvalue weighted by molar-refractivity contribution is 5.95. The third-order valence-electron chi connectivity index (χ3n) is 3.47. The van der Waals surface area contributed by atoms with Crippen molar-refractivity contribution in [1.29, 1.82) is 0 Å². The highest BCUT2D eigenvalue weighted by Gasteiger charge is 2.16. The van der Waals surface area contributed by atoms with Crippen molar-refractivity contribution in [3.63, 3.8) is 0 Å². The van der Waals surface area contributed by atoms with E-state index in [2.05, 4.69) is 10.4 Å². The molecule has 1 heterocycles. The normalized spacial score (nSPS) is 12.2. The highest BCUT2D eigenvalue weighted by atomic mass is 19.1. The second kappa shape index (κ2) is 7.17. The molecule has 2 N–H and O–H groups in total. The van der Waals surface area contributed by atoms with Gasteiger partial charge in [-0.3, -0.25) is 9.48 Å². The fraction of sp³-hybridized carbons (Fsp3) is 0.375. The molecular formula is C16H20FN3O2. The molecule has 2 aromatic rings. The lowest BCUT2D eigenvalue weighted by atomic mass is 10.1. The quantitative estimate of drug-likeness (QED) is 0.860. The lowest BCUT2D eigenvalue weighted by Crippen LogP contribution is -2.28. The zero-order chi connectivity index (χ0) is 16.1. The lowest BCUT2D eigenvalue weighted by Gasteiger charge is -2.12. The van der Waals surface area contributed by atoms with Crippen molar-refractivity contribution >= 4 is 5.91 Å². The predicted molar refractivity (Wildman–Crippen MR) is 80.9 cm³/mol. The van der Waals surface area contributed by atoms with E-state index in [1.165, 1.54) is 24.4 Å². The Morgan fingerprint density at radius 1 is 1.50 bits per heavy atom. The van der Waals surface area contributed by atoms with Gasteiger partial charge in [-0.25, -0.2) is 4.39 Å². The summed E-state index contributed by atoms with van der Waals surface area (Å²) in [6.07, 6.45) is 1.50. The van der Waals surface area contributed by atoms with E-state index < -0.39 is 11.9 Å².